The van der Waals surface area contributed by atoms with Crippen LogP contribution in [-0.4, -0.2) is 6.98 Å². The summed E-state index contributed by atoms with van der Waals surface area (Å²) in [6.07, 6.45) is 0.365. The van der Waals surface area contributed by atoms with Gasteiger partial charge in [0, 0.05) is 0 Å². The van der Waals surface area contributed by atoms with Crippen LogP contribution in [0.3, 0.4) is 0 Å². The first-order valence-corrected chi connectivity index (χ1v) is 2.72. The summed E-state index contributed by atoms with van der Waals surface area (Å²) in [6, 6.07) is 0. The minimum Gasteiger partial charge on any atom is -0.449 e. The Kier molecular flexibility index (Phi) is 1.06. The highest BCUT2D eigenvalue weighted by Gasteiger charge is 2.47. The van der Waals surface area contributed by atoms with Crippen molar-refractivity contribution in [3.8, 4) is 0 Å². The molecule has 1 rings (SSSR count). The van der Waals surface area contributed by atoms with Crippen molar-refractivity contribution in [1.82, 2.24) is 0 Å². The quantitative estimate of drug-likeness (QED) is 0.469. The maximum absolute atomic E-state index is 11.6. The van der Waals surface area contributed by atoms with Crippen molar-refractivity contribution in [2.75, 3.05) is 0 Å². The van der Waals surface area contributed by atoms with E-state index in [-0.39, 0.29) is 5.92 Å². The Bertz CT molecular complexity index is 97.9. The van der Waals surface area contributed by atoms with E-state index in [9.17, 15) is 12.9 Å². The highest BCUT2D eigenvalue weighted by molar-refractivity contribution is 6.61. The van der Waals surface area contributed by atoms with Crippen molar-refractivity contribution >= 4 is 6.98 Å². The van der Waals surface area contributed by atoms with Crippen LogP contribution in [0.15, 0.2) is 0 Å². The fourth-order valence-corrected chi connectivity index (χ4v) is 0.878. The van der Waals surface area contributed by atoms with E-state index in [1.807, 2.05) is 0 Å². The summed E-state index contributed by atoms with van der Waals surface area (Å²) in [6.45, 7) is -2.85. The minimum absolute atomic E-state index is 0.0880. The molecule has 1 unspecified atom stereocenters. The predicted octanol–water partition coefficient (Wildman–Crippen LogP) is 2.24. The summed E-state index contributed by atoms with van der Waals surface area (Å²) >= 11 is 0. The van der Waals surface area contributed by atoms with Crippen LogP contribution in [0.25, 0.3) is 0 Å². The summed E-state index contributed by atoms with van der Waals surface area (Å²) in [7, 11) is 0. The highest BCUT2D eigenvalue weighted by atomic mass is 19.4. The number of halogens is 3. The average molecular weight is 123 g/mol. The first-order chi connectivity index (χ1) is 3.52. The summed E-state index contributed by atoms with van der Waals surface area (Å²) in [5, 5.41) is 0. The monoisotopic (exact) mass is 123 g/mol. The minimum atomic E-state index is -4.49. The van der Waals surface area contributed by atoms with Crippen molar-refractivity contribution in [3.05, 3.63) is 0 Å². The molecule has 4 heteroatoms. The van der Waals surface area contributed by atoms with Gasteiger partial charge in [-0.3, -0.25) is 0 Å². The van der Waals surface area contributed by atoms with Gasteiger partial charge in [-0.05, 0) is 0 Å². The van der Waals surface area contributed by atoms with Crippen LogP contribution in [0.4, 0.5) is 12.9 Å². The van der Waals surface area contributed by atoms with Gasteiger partial charge in [0.05, 0.1) is 0 Å². The molecule has 1 saturated carbocycles. The molecule has 0 bridgehead atoms. The lowest BCUT2D eigenvalue weighted by molar-refractivity contribution is 0.461. The zero-order valence-electron chi connectivity index (χ0n) is 4.57. The standard InChI is InChI=1S/C4H7BF3/c1-3-2-4(3)5(6,7)8/h3-4H,2H2,1H3/q-1/t3-,4?/m0/s1. The highest BCUT2D eigenvalue weighted by Crippen LogP contribution is 2.52. The summed E-state index contributed by atoms with van der Waals surface area (Å²) in [5.41, 5.74) is 0. The van der Waals surface area contributed by atoms with Gasteiger partial charge in [0.15, 0.2) is 0 Å². The Morgan fingerprint density at radius 2 is 1.75 bits per heavy atom. The van der Waals surface area contributed by atoms with Crippen LogP contribution in [0, 0.1) is 5.92 Å². The van der Waals surface area contributed by atoms with Crippen molar-refractivity contribution in [2.24, 2.45) is 5.92 Å². The second kappa shape index (κ2) is 1.42. The largest absolute Gasteiger partial charge is 0.481 e. The summed E-state index contributed by atoms with van der Waals surface area (Å²) < 4.78 is 34.7. The average Bonchev–Trinajstić information content (AvgIpc) is 2.13. The third-order valence-corrected chi connectivity index (χ3v) is 1.66. The number of rotatable bonds is 1. The second-order valence-corrected chi connectivity index (χ2v) is 2.50. The predicted molar refractivity (Wildman–Crippen MR) is 26.6 cm³/mol. The van der Waals surface area contributed by atoms with E-state index in [2.05, 4.69) is 0 Å². The Morgan fingerprint density at radius 1 is 1.38 bits per heavy atom. The lowest BCUT2D eigenvalue weighted by Gasteiger charge is -2.10. The fraction of sp³-hybridized carbons (Fsp3) is 1.00. The van der Waals surface area contributed by atoms with E-state index < -0.39 is 12.8 Å². The lowest BCUT2D eigenvalue weighted by Crippen LogP contribution is -2.15. The van der Waals surface area contributed by atoms with Gasteiger partial charge in [-0.15, -0.1) is 0 Å². The van der Waals surface area contributed by atoms with Gasteiger partial charge in [0.1, 0.15) is 0 Å². The van der Waals surface area contributed by atoms with Gasteiger partial charge in [0.25, 0.3) is 0 Å². The normalized spacial score (nSPS) is 37.5. The molecule has 0 amide bonds. The molecule has 0 spiro atoms. The first kappa shape index (κ1) is 5.98. The van der Waals surface area contributed by atoms with E-state index in [4.69, 9.17) is 0 Å². The molecule has 0 N–H and O–H groups in total. The summed E-state index contributed by atoms with van der Waals surface area (Å²) in [5.74, 6) is -1.01. The molecule has 1 aliphatic rings. The van der Waals surface area contributed by atoms with Crippen LogP contribution in [0.5, 0.6) is 0 Å². The maximum Gasteiger partial charge on any atom is 0.481 e. The number of hydrogen-bond donors (Lipinski definition) is 0. The van der Waals surface area contributed by atoms with Crippen molar-refractivity contribution in [3.63, 3.8) is 0 Å². The van der Waals surface area contributed by atoms with Crippen LogP contribution in [0.1, 0.15) is 13.3 Å². The maximum atomic E-state index is 11.6. The molecule has 0 heterocycles. The lowest BCUT2D eigenvalue weighted by atomic mass is 9.82. The van der Waals surface area contributed by atoms with Gasteiger partial charge >= 0.3 is 6.98 Å². The molecule has 2 atom stereocenters. The molecule has 0 aromatic carbocycles. The van der Waals surface area contributed by atoms with E-state index >= 15 is 0 Å². The van der Waals surface area contributed by atoms with Crippen molar-refractivity contribution < 1.29 is 12.9 Å². The molecule has 0 aromatic rings. The zero-order chi connectivity index (χ0) is 6.36. The van der Waals surface area contributed by atoms with Gasteiger partial charge < -0.3 is 12.9 Å². The van der Waals surface area contributed by atoms with Crippen molar-refractivity contribution in [2.45, 2.75) is 19.2 Å². The Labute approximate surface area is 46.1 Å². The molecule has 0 radical (unpaired) electrons. The second-order valence-electron chi connectivity index (χ2n) is 2.50. The Balaban J connectivity index is 2.39. The molecule has 0 aliphatic heterocycles. The molecular weight excluding hydrogens is 116 g/mol. The zero-order valence-corrected chi connectivity index (χ0v) is 4.57. The summed E-state index contributed by atoms with van der Waals surface area (Å²) in [4.78, 5) is 0. The topological polar surface area (TPSA) is 0 Å². The SMILES string of the molecule is C[C@H]1CC1[B-](F)(F)F. The van der Waals surface area contributed by atoms with E-state index in [0.717, 1.165) is 0 Å². The van der Waals surface area contributed by atoms with Gasteiger partial charge in [-0.25, -0.2) is 0 Å². The molecule has 0 saturated heterocycles. The molecule has 0 aromatic heterocycles. The van der Waals surface area contributed by atoms with Gasteiger partial charge in [0.2, 0.25) is 0 Å². The molecule has 0 nitrogen and oxygen atoms in total. The molecule has 1 aliphatic carbocycles. The molecule has 8 heavy (non-hydrogen) atoms. The van der Waals surface area contributed by atoms with Crippen LogP contribution >= 0.6 is 0 Å². The Morgan fingerprint density at radius 3 is 1.75 bits per heavy atom. The first-order valence-electron chi connectivity index (χ1n) is 2.72. The van der Waals surface area contributed by atoms with E-state index in [1.165, 1.54) is 0 Å². The van der Waals surface area contributed by atoms with Crippen LogP contribution < -0.4 is 0 Å². The fourth-order valence-electron chi connectivity index (χ4n) is 0.878. The van der Waals surface area contributed by atoms with E-state index in [0.29, 0.717) is 6.42 Å². The van der Waals surface area contributed by atoms with Gasteiger partial charge in [-0.1, -0.05) is 25.1 Å². The van der Waals surface area contributed by atoms with Crippen LogP contribution in [0.2, 0.25) is 5.82 Å². The van der Waals surface area contributed by atoms with Crippen LogP contribution in [-0.2, 0) is 0 Å². The molecule has 1 fully saturated rings. The molecule has 48 valence electrons. The smallest absolute Gasteiger partial charge is 0.449 e. The third kappa shape index (κ3) is 0.982. The van der Waals surface area contributed by atoms with E-state index in [1.54, 1.807) is 6.92 Å². The third-order valence-electron chi connectivity index (χ3n) is 1.66. The number of hydrogen-bond acceptors (Lipinski definition) is 0. The molecular formula is C4H7BF3-. The van der Waals surface area contributed by atoms with Crippen molar-refractivity contribution in [1.29, 1.82) is 0 Å². The Hall–Kier alpha value is -0.145. The van der Waals surface area contributed by atoms with Gasteiger partial charge in [-0.2, -0.15) is 0 Å².